The molecule has 0 bridgehead atoms. The van der Waals surface area contributed by atoms with Gasteiger partial charge >= 0.3 is 0 Å². The minimum atomic E-state index is 0.610. The standard InChI is InChI=1S/C19H36N2O/c1-22-15-14-21-12-5-9-19(17-21)10-13-20(16-19)11-4-8-18-6-2-3-7-18/h18H,2-17H2,1H3. The Hall–Kier alpha value is -0.120. The molecular weight excluding hydrogens is 272 g/mol. The number of hydrogen-bond donors (Lipinski definition) is 0. The first-order chi connectivity index (χ1) is 10.8. The Kier molecular flexibility index (Phi) is 6.17. The highest BCUT2D eigenvalue weighted by Crippen LogP contribution is 2.39. The summed E-state index contributed by atoms with van der Waals surface area (Å²) in [7, 11) is 1.82. The zero-order chi connectivity index (χ0) is 15.3. The minimum absolute atomic E-state index is 0.610. The highest BCUT2D eigenvalue weighted by atomic mass is 16.5. The second-order valence-corrected chi connectivity index (χ2v) is 8.19. The summed E-state index contributed by atoms with van der Waals surface area (Å²) >= 11 is 0. The third-order valence-electron chi connectivity index (χ3n) is 6.43. The van der Waals surface area contributed by atoms with E-state index >= 15 is 0 Å². The van der Waals surface area contributed by atoms with Crippen molar-refractivity contribution in [3.8, 4) is 0 Å². The fraction of sp³-hybridized carbons (Fsp3) is 1.00. The first-order valence-corrected chi connectivity index (χ1v) is 9.73. The molecule has 1 unspecified atom stereocenters. The third kappa shape index (κ3) is 4.46. The summed E-state index contributed by atoms with van der Waals surface area (Å²) in [5.41, 5.74) is 0.610. The first-order valence-electron chi connectivity index (χ1n) is 9.73. The second-order valence-electron chi connectivity index (χ2n) is 8.19. The quantitative estimate of drug-likeness (QED) is 0.717. The molecule has 3 aliphatic rings. The van der Waals surface area contributed by atoms with Gasteiger partial charge in [0.05, 0.1) is 6.61 Å². The van der Waals surface area contributed by atoms with E-state index in [1.165, 1.54) is 90.5 Å². The molecule has 1 saturated carbocycles. The van der Waals surface area contributed by atoms with Gasteiger partial charge in [0.25, 0.3) is 0 Å². The van der Waals surface area contributed by atoms with E-state index in [1.807, 2.05) is 7.11 Å². The number of ether oxygens (including phenoxy) is 1. The Morgan fingerprint density at radius 1 is 0.955 bits per heavy atom. The van der Waals surface area contributed by atoms with Crippen LogP contribution in [-0.4, -0.2) is 62.8 Å². The van der Waals surface area contributed by atoms with E-state index in [0.29, 0.717) is 5.41 Å². The summed E-state index contributed by atoms with van der Waals surface area (Å²) in [6, 6.07) is 0. The van der Waals surface area contributed by atoms with Gasteiger partial charge in [-0.25, -0.2) is 0 Å². The van der Waals surface area contributed by atoms with Gasteiger partial charge in [-0.15, -0.1) is 0 Å². The van der Waals surface area contributed by atoms with Crippen molar-refractivity contribution in [3.63, 3.8) is 0 Å². The van der Waals surface area contributed by atoms with Crippen LogP contribution < -0.4 is 0 Å². The topological polar surface area (TPSA) is 15.7 Å². The highest BCUT2D eigenvalue weighted by molar-refractivity contribution is 4.94. The number of methoxy groups -OCH3 is 1. The molecule has 0 radical (unpaired) electrons. The van der Waals surface area contributed by atoms with Crippen molar-refractivity contribution in [2.24, 2.45) is 11.3 Å². The lowest BCUT2D eigenvalue weighted by atomic mass is 9.79. The van der Waals surface area contributed by atoms with Crippen molar-refractivity contribution in [3.05, 3.63) is 0 Å². The van der Waals surface area contributed by atoms with Crippen LogP contribution in [0.15, 0.2) is 0 Å². The van der Waals surface area contributed by atoms with Crippen LogP contribution in [0, 0.1) is 11.3 Å². The van der Waals surface area contributed by atoms with Crippen molar-refractivity contribution >= 4 is 0 Å². The zero-order valence-corrected chi connectivity index (χ0v) is 14.7. The summed E-state index contributed by atoms with van der Waals surface area (Å²) in [4.78, 5) is 5.42. The van der Waals surface area contributed by atoms with Gasteiger partial charge in [-0.2, -0.15) is 0 Å². The van der Waals surface area contributed by atoms with E-state index in [1.54, 1.807) is 0 Å². The third-order valence-corrected chi connectivity index (χ3v) is 6.43. The molecule has 0 aromatic carbocycles. The van der Waals surface area contributed by atoms with Gasteiger partial charge in [0.2, 0.25) is 0 Å². The van der Waals surface area contributed by atoms with Crippen LogP contribution in [0.3, 0.4) is 0 Å². The maximum atomic E-state index is 5.27. The lowest BCUT2D eigenvalue weighted by Gasteiger charge is -2.40. The average molecular weight is 309 g/mol. The maximum Gasteiger partial charge on any atom is 0.0589 e. The lowest BCUT2D eigenvalue weighted by molar-refractivity contribution is 0.0677. The molecule has 0 N–H and O–H groups in total. The Bertz CT molecular complexity index is 329. The van der Waals surface area contributed by atoms with Gasteiger partial charge < -0.3 is 14.5 Å². The SMILES string of the molecule is COCCN1CCCC2(CCN(CCCC3CCCC3)C2)C1. The van der Waals surface area contributed by atoms with Crippen molar-refractivity contribution < 1.29 is 4.74 Å². The molecule has 2 heterocycles. The molecule has 22 heavy (non-hydrogen) atoms. The molecule has 3 nitrogen and oxygen atoms in total. The van der Waals surface area contributed by atoms with Crippen molar-refractivity contribution in [1.82, 2.24) is 9.80 Å². The number of nitrogens with zero attached hydrogens (tertiary/aromatic N) is 2. The van der Waals surface area contributed by atoms with E-state index in [-0.39, 0.29) is 0 Å². The Labute approximate surface area is 137 Å². The molecule has 2 saturated heterocycles. The van der Waals surface area contributed by atoms with Gasteiger partial charge in [-0.1, -0.05) is 25.7 Å². The van der Waals surface area contributed by atoms with Crippen LogP contribution in [0.5, 0.6) is 0 Å². The normalized spacial score (nSPS) is 31.5. The lowest BCUT2D eigenvalue weighted by Crippen LogP contribution is -2.45. The molecule has 2 aliphatic heterocycles. The van der Waals surface area contributed by atoms with Crippen LogP contribution in [0.25, 0.3) is 0 Å². The Balaban J connectivity index is 1.38. The summed E-state index contributed by atoms with van der Waals surface area (Å²) in [5.74, 6) is 1.07. The van der Waals surface area contributed by atoms with E-state index in [4.69, 9.17) is 4.74 Å². The molecule has 0 amide bonds. The van der Waals surface area contributed by atoms with Gasteiger partial charge in [0, 0.05) is 26.7 Å². The van der Waals surface area contributed by atoms with Crippen LogP contribution in [0.4, 0.5) is 0 Å². The zero-order valence-electron chi connectivity index (χ0n) is 14.7. The summed E-state index contributed by atoms with van der Waals surface area (Å²) in [5, 5.41) is 0. The number of rotatable bonds is 7. The van der Waals surface area contributed by atoms with E-state index in [0.717, 1.165) is 19.1 Å². The molecule has 1 spiro atoms. The highest BCUT2D eigenvalue weighted by Gasteiger charge is 2.40. The van der Waals surface area contributed by atoms with Gasteiger partial charge in [-0.3, -0.25) is 0 Å². The Morgan fingerprint density at radius 3 is 2.50 bits per heavy atom. The number of hydrogen-bond acceptors (Lipinski definition) is 3. The molecule has 0 aromatic rings. The van der Waals surface area contributed by atoms with Gasteiger partial charge in [0.1, 0.15) is 0 Å². The molecule has 1 atom stereocenters. The predicted molar refractivity (Wildman–Crippen MR) is 92.2 cm³/mol. The Morgan fingerprint density at radius 2 is 1.73 bits per heavy atom. The molecule has 128 valence electrons. The van der Waals surface area contributed by atoms with Gasteiger partial charge in [-0.05, 0) is 63.1 Å². The molecule has 3 rings (SSSR count). The van der Waals surface area contributed by atoms with Crippen LogP contribution >= 0.6 is 0 Å². The van der Waals surface area contributed by atoms with Crippen LogP contribution in [0.2, 0.25) is 0 Å². The minimum Gasteiger partial charge on any atom is -0.383 e. The fourth-order valence-corrected chi connectivity index (χ4v) is 5.18. The second kappa shape index (κ2) is 8.12. The average Bonchev–Trinajstić information content (AvgIpc) is 3.16. The number of likely N-dealkylation sites (tertiary alicyclic amines) is 2. The maximum absolute atomic E-state index is 5.27. The predicted octanol–water partition coefficient (Wildman–Crippen LogP) is 3.39. The van der Waals surface area contributed by atoms with E-state index in [2.05, 4.69) is 9.80 Å². The summed E-state index contributed by atoms with van der Waals surface area (Å²) in [6.45, 7) is 8.68. The van der Waals surface area contributed by atoms with Crippen molar-refractivity contribution in [2.45, 2.75) is 57.8 Å². The number of piperidine rings is 1. The van der Waals surface area contributed by atoms with Crippen molar-refractivity contribution in [1.29, 1.82) is 0 Å². The van der Waals surface area contributed by atoms with Gasteiger partial charge in [0.15, 0.2) is 0 Å². The smallest absolute Gasteiger partial charge is 0.0589 e. The van der Waals surface area contributed by atoms with Crippen LogP contribution in [0.1, 0.15) is 57.8 Å². The van der Waals surface area contributed by atoms with Crippen molar-refractivity contribution in [2.75, 3.05) is 53.0 Å². The molecular formula is C19H36N2O. The molecule has 3 fully saturated rings. The van der Waals surface area contributed by atoms with Crippen LogP contribution in [-0.2, 0) is 4.74 Å². The largest absolute Gasteiger partial charge is 0.383 e. The summed E-state index contributed by atoms with van der Waals surface area (Å²) < 4.78 is 5.27. The fourth-order valence-electron chi connectivity index (χ4n) is 5.18. The molecule has 0 aromatic heterocycles. The van der Waals surface area contributed by atoms with E-state index < -0.39 is 0 Å². The summed E-state index contributed by atoms with van der Waals surface area (Å²) in [6.07, 6.45) is 13.2. The van der Waals surface area contributed by atoms with E-state index in [9.17, 15) is 0 Å². The molecule has 3 heteroatoms. The monoisotopic (exact) mass is 308 g/mol. The first kappa shape index (κ1) is 16.7. The molecule has 1 aliphatic carbocycles.